The molecular weight excluding hydrogens is 328 g/mol. The molecule has 1 aromatic heterocycles. The van der Waals surface area contributed by atoms with Crippen molar-refractivity contribution in [2.24, 2.45) is 0 Å². The topological polar surface area (TPSA) is 79.6 Å². The van der Waals surface area contributed by atoms with Crippen molar-refractivity contribution in [3.63, 3.8) is 0 Å². The van der Waals surface area contributed by atoms with Gasteiger partial charge in [0.2, 0.25) is 15.9 Å². The molecule has 0 spiro atoms. The predicted molar refractivity (Wildman–Crippen MR) is 91.0 cm³/mol. The number of amides is 1. The molecule has 1 aromatic carbocycles. The Morgan fingerprint density at radius 1 is 1.12 bits per heavy atom. The van der Waals surface area contributed by atoms with Crippen molar-refractivity contribution in [1.82, 2.24) is 9.62 Å². The van der Waals surface area contributed by atoms with Gasteiger partial charge in [0.15, 0.2) is 0 Å². The summed E-state index contributed by atoms with van der Waals surface area (Å²) in [5, 5.41) is 0. The molecule has 0 saturated carbocycles. The lowest BCUT2D eigenvalue weighted by Gasteiger charge is -2.19. The average Bonchev–Trinajstić information content (AvgIpc) is 2.93. The van der Waals surface area contributed by atoms with Crippen LogP contribution in [0.3, 0.4) is 0 Å². The summed E-state index contributed by atoms with van der Waals surface area (Å²) in [7, 11) is -0.515. The second kappa shape index (κ2) is 7.19. The van der Waals surface area contributed by atoms with Gasteiger partial charge in [0.25, 0.3) is 0 Å². The zero-order chi connectivity index (χ0) is 17.9. The zero-order valence-corrected chi connectivity index (χ0v) is 15.1. The zero-order valence-electron chi connectivity index (χ0n) is 14.2. The second-order valence-electron chi connectivity index (χ2n) is 5.93. The number of hydrogen-bond acceptors (Lipinski definition) is 4. The molecule has 6 nitrogen and oxygen atoms in total. The van der Waals surface area contributed by atoms with Gasteiger partial charge >= 0.3 is 0 Å². The Hall–Kier alpha value is -2.12. The highest BCUT2D eigenvalue weighted by Gasteiger charge is 2.26. The lowest BCUT2D eigenvalue weighted by molar-refractivity contribution is -0.129. The summed E-state index contributed by atoms with van der Waals surface area (Å²) >= 11 is 0. The molecule has 0 bridgehead atoms. The first-order chi connectivity index (χ1) is 11.2. The van der Waals surface area contributed by atoms with Crippen LogP contribution in [0.2, 0.25) is 0 Å². The van der Waals surface area contributed by atoms with E-state index >= 15 is 0 Å². The quantitative estimate of drug-likeness (QED) is 0.867. The van der Waals surface area contributed by atoms with Crippen LogP contribution in [0.15, 0.2) is 45.7 Å². The average molecular weight is 350 g/mol. The van der Waals surface area contributed by atoms with Crippen LogP contribution in [0, 0.1) is 13.8 Å². The van der Waals surface area contributed by atoms with E-state index in [0.717, 1.165) is 5.56 Å². The van der Waals surface area contributed by atoms with E-state index in [2.05, 4.69) is 4.72 Å². The third-order valence-corrected chi connectivity index (χ3v) is 5.10. The summed E-state index contributed by atoms with van der Waals surface area (Å²) in [4.78, 5) is 13.6. The number of hydrogen-bond donors (Lipinski definition) is 1. The van der Waals surface area contributed by atoms with Crippen LogP contribution < -0.4 is 4.72 Å². The van der Waals surface area contributed by atoms with Crippen LogP contribution in [0.1, 0.15) is 29.5 Å². The molecule has 0 aliphatic rings. The van der Waals surface area contributed by atoms with Gasteiger partial charge in [-0.3, -0.25) is 4.79 Å². The summed E-state index contributed by atoms with van der Waals surface area (Å²) in [6.07, 6.45) is -0.0228. The summed E-state index contributed by atoms with van der Waals surface area (Å²) in [5.41, 5.74) is 0.968. The van der Waals surface area contributed by atoms with Crippen molar-refractivity contribution >= 4 is 15.9 Å². The van der Waals surface area contributed by atoms with E-state index in [1.807, 2.05) is 6.92 Å². The van der Waals surface area contributed by atoms with Crippen molar-refractivity contribution < 1.29 is 17.6 Å². The van der Waals surface area contributed by atoms with Gasteiger partial charge in [-0.2, -0.15) is 4.72 Å². The third kappa shape index (κ3) is 4.46. The van der Waals surface area contributed by atoms with Gasteiger partial charge in [0, 0.05) is 14.1 Å². The van der Waals surface area contributed by atoms with Crippen LogP contribution in [0.5, 0.6) is 0 Å². The SMILES string of the molecule is Cc1ccc(S(=O)(=O)NC(CC(=O)N(C)C)c2ccc(C)o2)cc1. The number of carbonyl (C=O) groups is 1. The number of nitrogens with one attached hydrogen (secondary N) is 1. The highest BCUT2D eigenvalue weighted by molar-refractivity contribution is 7.89. The van der Waals surface area contributed by atoms with Crippen LogP contribution in [-0.4, -0.2) is 33.3 Å². The molecule has 0 saturated heterocycles. The molecule has 1 N–H and O–H groups in total. The maximum absolute atomic E-state index is 12.6. The number of aryl methyl sites for hydroxylation is 2. The van der Waals surface area contributed by atoms with Crippen molar-refractivity contribution in [2.75, 3.05) is 14.1 Å². The normalized spacial score (nSPS) is 12.8. The molecule has 0 radical (unpaired) electrons. The minimum absolute atomic E-state index is 0.0228. The van der Waals surface area contributed by atoms with Gasteiger partial charge in [0.1, 0.15) is 11.5 Å². The van der Waals surface area contributed by atoms with E-state index in [1.165, 1.54) is 17.0 Å². The molecule has 1 unspecified atom stereocenters. The second-order valence-corrected chi connectivity index (χ2v) is 7.64. The van der Waals surface area contributed by atoms with Gasteiger partial charge < -0.3 is 9.32 Å². The minimum atomic E-state index is -3.77. The molecule has 2 aromatic rings. The Labute approximate surface area is 142 Å². The number of rotatable bonds is 6. The number of sulfonamides is 1. The van der Waals surface area contributed by atoms with Gasteiger partial charge in [0.05, 0.1) is 17.4 Å². The Bertz CT molecular complexity index is 807. The standard InChI is InChI=1S/C17H22N2O4S/c1-12-5-8-14(9-6-12)24(21,22)18-15(11-17(20)19(3)4)16-10-7-13(2)23-16/h5-10,15,18H,11H2,1-4H3. The first-order valence-corrected chi connectivity index (χ1v) is 9.03. The van der Waals surface area contributed by atoms with Crippen LogP contribution >= 0.6 is 0 Å². The number of furan rings is 1. The number of carbonyl (C=O) groups excluding carboxylic acids is 1. The molecule has 2 rings (SSSR count). The highest BCUT2D eigenvalue weighted by Crippen LogP contribution is 2.23. The molecule has 0 aliphatic carbocycles. The molecule has 7 heteroatoms. The lowest BCUT2D eigenvalue weighted by atomic mass is 10.1. The van der Waals surface area contributed by atoms with Crippen LogP contribution in [0.25, 0.3) is 0 Å². The molecule has 130 valence electrons. The van der Waals surface area contributed by atoms with E-state index in [1.54, 1.807) is 45.3 Å². The number of nitrogens with zero attached hydrogens (tertiary/aromatic N) is 1. The third-order valence-electron chi connectivity index (χ3n) is 3.61. The van der Waals surface area contributed by atoms with Gasteiger partial charge in [-0.15, -0.1) is 0 Å². The van der Waals surface area contributed by atoms with Crippen LogP contribution in [-0.2, 0) is 14.8 Å². The summed E-state index contributed by atoms with van der Waals surface area (Å²) in [6, 6.07) is 9.19. The fourth-order valence-corrected chi connectivity index (χ4v) is 3.38. The summed E-state index contributed by atoms with van der Waals surface area (Å²) in [6.45, 7) is 3.65. The molecule has 24 heavy (non-hydrogen) atoms. The maximum atomic E-state index is 12.6. The lowest BCUT2D eigenvalue weighted by Crippen LogP contribution is -2.33. The van der Waals surface area contributed by atoms with E-state index in [9.17, 15) is 13.2 Å². The Morgan fingerprint density at radius 2 is 1.75 bits per heavy atom. The van der Waals surface area contributed by atoms with E-state index in [0.29, 0.717) is 11.5 Å². The molecule has 1 amide bonds. The van der Waals surface area contributed by atoms with Crippen molar-refractivity contribution in [1.29, 1.82) is 0 Å². The van der Waals surface area contributed by atoms with E-state index < -0.39 is 16.1 Å². The minimum Gasteiger partial charge on any atom is -0.465 e. The summed E-state index contributed by atoms with van der Waals surface area (Å²) < 4.78 is 33.3. The maximum Gasteiger partial charge on any atom is 0.241 e. The smallest absolute Gasteiger partial charge is 0.241 e. The first kappa shape index (κ1) is 18.2. The molecule has 1 heterocycles. The molecular formula is C17H22N2O4S. The molecule has 0 fully saturated rings. The van der Waals surface area contributed by atoms with Gasteiger partial charge in [-0.05, 0) is 38.1 Å². The summed E-state index contributed by atoms with van der Waals surface area (Å²) in [5.74, 6) is 0.876. The van der Waals surface area contributed by atoms with E-state index in [4.69, 9.17) is 4.42 Å². The molecule has 1 atom stereocenters. The highest BCUT2D eigenvalue weighted by atomic mass is 32.2. The van der Waals surface area contributed by atoms with Crippen molar-refractivity contribution in [2.45, 2.75) is 31.2 Å². The van der Waals surface area contributed by atoms with Gasteiger partial charge in [-0.1, -0.05) is 17.7 Å². The predicted octanol–water partition coefficient (Wildman–Crippen LogP) is 2.39. The first-order valence-electron chi connectivity index (χ1n) is 7.54. The largest absolute Gasteiger partial charge is 0.465 e. The Kier molecular flexibility index (Phi) is 5.46. The fourth-order valence-electron chi connectivity index (χ4n) is 2.17. The monoisotopic (exact) mass is 350 g/mol. The Balaban J connectivity index is 2.30. The Morgan fingerprint density at radius 3 is 2.25 bits per heavy atom. The van der Waals surface area contributed by atoms with Gasteiger partial charge in [-0.25, -0.2) is 8.42 Å². The van der Waals surface area contributed by atoms with Crippen molar-refractivity contribution in [3.8, 4) is 0 Å². The van der Waals surface area contributed by atoms with Crippen molar-refractivity contribution in [3.05, 3.63) is 53.5 Å². The molecule has 0 aliphatic heterocycles. The fraction of sp³-hybridized carbons (Fsp3) is 0.353. The van der Waals surface area contributed by atoms with Crippen LogP contribution in [0.4, 0.5) is 0 Å². The number of benzene rings is 1. The van der Waals surface area contributed by atoms with E-state index in [-0.39, 0.29) is 17.2 Å².